The number of hydrogen-bond acceptors (Lipinski definition) is 4. The smallest absolute Gasteiger partial charge is 0.250 e. The summed E-state index contributed by atoms with van der Waals surface area (Å²) in [5, 5.41) is 3.39. The van der Waals surface area contributed by atoms with Crippen LogP contribution in [0.1, 0.15) is 19.4 Å². The minimum Gasteiger partial charge on any atom is -0.349 e. The van der Waals surface area contributed by atoms with Gasteiger partial charge in [0.25, 0.3) is 0 Å². The van der Waals surface area contributed by atoms with E-state index < -0.39 is 0 Å². The Kier molecular flexibility index (Phi) is 4.51. The van der Waals surface area contributed by atoms with Gasteiger partial charge in [0.2, 0.25) is 5.91 Å². The molecule has 0 bridgehead atoms. The number of amides is 1. The summed E-state index contributed by atoms with van der Waals surface area (Å²) < 4.78 is 0. The highest BCUT2D eigenvalue weighted by Crippen LogP contribution is 2.36. The van der Waals surface area contributed by atoms with Crippen LogP contribution >= 0.6 is 0 Å². The fourth-order valence-corrected chi connectivity index (χ4v) is 2.98. The molecule has 0 aliphatic carbocycles. The molecular formula is C19H22N4O. The molecule has 1 aliphatic heterocycles. The molecule has 1 amide bonds. The molecule has 3 rings (SSSR count). The second-order valence-electron chi connectivity index (χ2n) is 5.78. The van der Waals surface area contributed by atoms with E-state index in [9.17, 15) is 4.79 Å². The van der Waals surface area contributed by atoms with Crippen LogP contribution in [0.3, 0.4) is 0 Å². The number of aromatic nitrogens is 1. The van der Waals surface area contributed by atoms with Crippen LogP contribution in [-0.2, 0) is 11.3 Å². The van der Waals surface area contributed by atoms with E-state index >= 15 is 0 Å². The molecule has 5 heteroatoms. The lowest BCUT2D eigenvalue weighted by atomic mass is 10.2. The van der Waals surface area contributed by atoms with Crippen molar-refractivity contribution in [1.29, 1.82) is 0 Å². The maximum atomic E-state index is 12.0. The Bertz CT molecular complexity index is 744. The first-order valence-corrected chi connectivity index (χ1v) is 8.15. The predicted molar refractivity (Wildman–Crippen MR) is 98.2 cm³/mol. The molecule has 5 nitrogen and oxygen atoms in total. The molecule has 0 radical (unpaired) electrons. The molecule has 1 unspecified atom stereocenters. The van der Waals surface area contributed by atoms with Gasteiger partial charge in [0.15, 0.2) is 5.82 Å². The van der Waals surface area contributed by atoms with Gasteiger partial charge < -0.3 is 15.1 Å². The quantitative estimate of drug-likeness (QED) is 0.857. The number of nitrogens with one attached hydrogen (secondary N) is 1. The number of nitrogens with zero attached hydrogens (tertiary/aromatic N) is 3. The standard InChI is InChI=1S/C19H22N4O/c1-4-18(24)22(5-2)16-11-17-19(20-12-16)21-14(3)23(17)13-15-9-7-6-8-10-15/h4,6-12,14H,1,5,13H2,2-3H3,(H,20,21). The van der Waals surface area contributed by atoms with Crippen molar-refractivity contribution in [3.05, 3.63) is 60.8 Å². The van der Waals surface area contributed by atoms with Gasteiger partial charge in [-0.3, -0.25) is 4.79 Å². The third-order valence-corrected chi connectivity index (χ3v) is 4.24. The average molecular weight is 322 g/mol. The fraction of sp³-hybridized carbons (Fsp3) is 0.263. The lowest BCUT2D eigenvalue weighted by Crippen LogP contribution is -2.32. The van der Waals surface area contributed by atoms with Crippen molar-refractivity contribution in [2.45, 2.75) is 26.6 Å². The molecule has 0 spiro atoms. The second kappa shape index (κ2) is 6.74. The van der Waals surface area contributed by atoms with E-state index in [1.807, 2.05) is 31.2 Å². The lowest BCUT2D eigenvalue weighted by molar-refractivity contribution is -0.114. The van der Waals surface area contributed by atoms with Crippen molar-refractivity contribution in [3.8, 4) is 0 Å². The van der Waals surface area contributed by atoms with E-state index in [1.165, 1.54) is 11.6 Å². The van der Waals surface area contributed by atoms with Gasteiger partial charge >= 0.3 is 0 Å². The Morgan fingerprint density at radius 3 is 2.83 bits per heavy atom. The van der Waals surface area contributed by atoms with Crippen LogP contribution in [0.4, 0.5) is 17.2 Å². The summed E-state index contributed by atoms with van der Waals surface area (Å²) in [5.74, 6) is 0.733. The number of rotatable bonds is 5. The van der Waals surface area contributed by atoms with Crippen molar-refractivity contribution in [1.82, 2.24) is 4.98 Å². The number of benzene rings is 1. The van der Waals surface area contributed by atoms with Crippen molar-refractivity contribution < 1.29 is 4.79 Å². The number of hydrogen-bond donors (Lipinski definition) is 1. The normalized spacial score (nSPS) is 15.6. The van der Waals surface area contributed by atoms with E-state index in [1.54, 1.807) is 11.1 Å². The summed E-state index contributed by atoms with van der Waals surface area (Å²) in [7, 11) is 0. The van der Waals surface area contributed by atoms with E-state index in [2.05, 4.69) is 40.8 Å². The monoisotopic (exact) mass is 322 g/mol. The number of pyridine rings is 1. The zero-order valence-electron chi connectivity index (χ0n) is 14.1. The van der Waals surface area contributed by atoms with Crippen LogP contribution in [-0.4, -0.2) is 23.6 Å². The number of carbonyl (C=O) groups excluding carboxylic acids is 1. The Morgan fingerprint density at radius 2 is 2.17 bits per heavy atom. The molecule has 0 saturated carbocycles. The average Bonchev–Trinajstić information content (AvgIpc) is 2.91. The second-order valence-corrected chi connectivity index (χ2v) is 5.78. The zero-order chi connectivity index (χ0) is 17.1. The van der Waals surface area contributed by atoms with Gasteiger partial charge in [0.1, 0.15) is 0 Å². The highest BCUT2D eigenvalue weighted by molar-refractivity contribution is 6.01. The highest BCUT2D eigenvalue weighted by atomic mass is 16.2. The number of carbonyl (C=O) groups is 1. The molecule has 1 aliphatic rings. The van der Waals surface area contributed by atoms with E-state index in [0.717, 1.165) is 23.7 Å². The van der Waals surface area contributed by atoms with Crippen molar-refractivity contribution >= 4 is 23.1 Å². The van der Waals surface area contributed by atoms with Crippen LogP contribution in [0.5, 0.6) is 0 Å². The molecule has 24 heavy (non-hydrogen) atoms. The van der Waals surface area contributed by atoms with E-state index in [-0.39, 0.29) is 12.1 Å². The number of fused-ring (bicyclic) bond motifs is 1. The Hall–Kier alpha value is -2.82. The number of anilines is 3. The van der Waals surface area contributed by atoms with Crippen LogP contribution < -0.4 is 15.1 Å². The maximum absolute atomic E-state index is 12.0. The largest absolute Gasteiger partial charge is 0.349 e. The van der Waals surface area contributed by atoms with Gasteiger partial charge in [-0.15, -0.1) is 0 Å². The summed E-state index contributed by atoms with van der Waals surface area (Å²) in [6, 6.07) is 12.3. The van der Waals surface area contributed by atoms with E-state index in [0.29, 0.717) is 6.54 Å². The predicted octanol–water partition coefficient (Wildman–Crippen LogP) is 3.40. The minimum absolute atomic E-state index is 0.118. The van der Waals surface area contributed by atoms with Crippen molar-refractivity contribution in [2.24, 2.45) is 0 Å². The van der Waals surface area contributed by atoms with Crippen LogP contribution in [0.25, 0.3) is 0 Å². The first-order valence-electron chi connectivity index (χ1n) is 8.15. The van der Waals surface area contributed by atoms with Gasteiger partial charge in [-0.25, -0.2) is 4.98 Å². The van der Waals surface area contributed by atoms with Crippen LogP contribution in [0.15, 0.2) is 55.3 Å². The van der Waals surface area contributed by atoms with Gasteiger partial charge in [0, 0.05) is 13.1 Å². The molecule has 124 valence electrons. The van der Waals surface area contributed by atoms with Crippen molar-refractivity contribution in [2.75, 3.05) is 21.7 Å². The maximum Gasteiger partial charge on any atom is 0.250 e. The van der Waals surface area contributed by atoms with E-state index in [4.69, 9.17) is 0 Å². The summed E-state index contributed by atoms with van der Waals surface area (Å²) in [4.78, 5) is 20.5. The summed E-state index contributed by atoms with van der Waals surface area (Å²) >= 11 is 0. The Labute approximate surface area is 142 Å². The molecule has 1 aromatic heterocycles. The van der Waals surface area contributed by atoms with Crippen molar-refractivity contribution in [3.63, 3.8) is 0 Å². The first-order chi connectivity index (χ1) is 11.6. The summed E-state index contributed by atoms with van der Waals surface area (Å²) in [6.45, 7) is 8.99. The SMILES string of the molecule is C=CC(=O)N(CC)c1cnc2c(c1)N(Cc1ccccc1)C(C)N2. The van der Waals surface area contributed by atoms with Crippen LogP contribution in [0, 0.1) is 0 Å². The number of likely N-dealkylation sites (N-methyl/N-ethyl adjacent to an activating group) is 1. The van der Waals surface area contributed by atoms with Gasteiger partial charge in [-0.2, -0.15) is 0 Å². The van der Waals surface area contributed by atoms with Crippen LogP contribution in [0.2, 0.25) is 0 Å². The highest BCUT2D eigenvalue weighted by Gasteiger charge is 2.27. The summed E-state index contributed by atoms with van der Waals surface area (Å²) in [5.41, 5.74) is 3.04. The Balaban J connectivity index is 1.93. The summed E-state index contributed by atoms with van der Waals surface area (Å²) in [6.07, 6.45) is 3.21. The van der Waals surface area contributed by atoms with Gasteiger partial charge in [-0.1, -0.05) is 36.9 Å². The molecule has 1 aromatic carbocycles. The molecule has 2 heterocycles. The molecule has 0 saturated heterocycles. The van der Waals surface area contributed by atoms with Gasteiger partial charge in [-0.05, 0) is 31.6 Å². The third-order valence-electron chi connectivity index (χ3n) is 4.24. The zero-order valence-corrected chi connectivity index (χ0v) is 14.1. The Morgan fingerprint density at radius 1 is 1.42 bits per heavy atom. The molecule has 0 fully saturated rings. The molecule has 1 N–H and O–H groups in total. The fourth-order valence-electron chi connectivity index (χ4n) is 2.98. The van der Waals surface area contributed by atoms with Gasteiger partial charge in [0.05, 0.1) is 23.7 Å². The minimum atomic E-state index is -0.118. The first kappa shape index (κ1) is 16.1. The molecular weight excluding hydrogens is 300 g/mol. The molecule has 1 atom stereocenters. The lowest BCUT2D eigenvalue weighted by Gasteiger charge is -2.25. The molecule has 2 aromatic rings. The third kappa shape index (κ3) is 2.97. The topological polar surface area (TPSA) is 48.5 Å².